The molecule has 0 aromatic rings. The number of hydrogen-bond acceptors (Lipinski definition) is 3. The predicted octanol–water partition coefficient (Wildman–Crippen LogP) is 2.02. The molecule has 1 saturated heterocycles. The summed E-state index contributed by atoms with van der Waals surface area (Å²) >= 11 is 0. The standard InChI is InChI=1S/C15H28N2O/c1-3-15(16-14-6-7-14)11-17(8-1)9-2-10-18-12-13-4-5-13/h13-16H,1-12H2. The van der Waals surface area contributed by atoms with Gasteiger partial charge in [-0.25, -0.2) is 0 Å². The summed E-state index contributed by atoms with van der Waals surface area (Å²) < 4.78 is 5.71. The Morgan fingerprint density at radius 1 is 1.06 bits per heavy atom. The fourth-order valence-electron chi connectivity index (χ4n) is 2.90. The van der Waals surface area contributed by atoms with Crippen LogP contribution in [0.15, 0.2) is 0 Å². The van der Waals surface area contributed by atoms with Gasteiger partial charge in [0.1, 0.15) is 0 Å². The average molecular weight is 252 g/mol. The van der Waals surface area contributed by atoms with Crippen molar-refractivity contribution in [1.82, 2.24) is 10.2 Å². The number of rotatable bonds is 8. The number of nitrogens with one attached hydrogen (secondary N) is 1. The van der Waals surface area contributed by atoms with Crippen molar-refractivity contribution in [2.24, 2.45) is 5.92 Å². The molecule has 0 aromatic carbocycles. The normalized spacial score (nSPS) is 29.7. The van der Waals surface area contributed by atoms with E-state index in [1.165, 1.54) is 64.6 Å². The van der Waals surface area contributed by atoms with Gasteiger partial charge in [-0.3, -0.25) is 0 Å². The molecule has 1 heterocycles. The Kier molecular flexibility index (Phi) is 4.55. The molecule has 0 spiro atoms. The molecular weight excluding hydrogens is 224 g/mol. The molecule has 104 valence electrons. The first-order valence-corrected chi connectivity index (χ1v) is 7.96. The van der Waals surface area contributed by atoms with Crippen LogP contribution in [-0.2, 0) is 4.74 Å². The molecule has 2 saturated carbocycles. The van der Waals surface area contributed by atoms with Crippen LogP contribution in [0.25, 0.3) is 0 Å². The first kappa shape index (κ1) is 12.9. The first-order valence-electron chi connectivity index (χ1n) is 7.96. The van der Waals surface area contributed by atoms with Crippen molar-refractivity contribution >= 4 is 0 Å². The molecule has 3 nitrogen and oxygen atoms in total. The molecule has 0 amide bonds. The average Bonchev–Trinajstić information content (AvgIpc) is 3.23. The Labute approximate surface area is 111 Å². The maximum Gasteiger partial charge on any atom is 0.0494 e. The fraction of sp³-hybridized carbons (Fsp3) is 1.00. The van der Waals surface area contributed by atoms with Crippen molar-refractivity contribution in [1.29, 1.82) is 0 Å². The summed E-state index contributed by atoms with van der Waals surface area (Å²) in [6.45, 7) is 5.78. The molecule has 3 fully saturated rings. The minimum atomic E-state index is 0.763. The van der Waals surface area contributed by atoms with E-state index in [0.29, 0.717) is 0 Å². The maximum absolute atomic E-state index is 5.71. The van der Waals surface area contributed by atoms with Crippen LogP contribution < -0.4 is 5.32 Å². The molecule has 1 unspecified atom stereocenters. The van der Waals surface area contributed by atoms with E-state index in [1.807, 2.05) is 0 Å². The molecular formula is C15H28N2O. The summed E-state index contributed by atoms with van der Waals surface area (Å²) in [7, 11) is 0. The molecule has 0 bridgehead atoms. The second kappa shape index (κ2) is 6.36. The summed E-state index contributed by atoms with van der Waals surface area (Å²) in [5.74, 6) is 0.909. The van der Waals surface area contributed by atoms with Gasteiger partial charge in [0, 0.05) is 38.4 Å². The molecule has 3 heteroatoms. The molecule has 2 aliphatic carbocycles. The molecule has 1 N–H and O–H groups in total. The number of ether oxygens (including phenoxy) is 1. The van der Waals surface area contributed by atoms with Gasteiger partial charge in [-0.05, 0) is 57.4 Å². The Morgan fingerprint density at radius 2 is 1.94 bits per heavy atom. The van der Waals surface area contributed by atoms with Gasteiger partial charge in [0.15, 0.2) is 0 Å². The predicted molar refractivity (Wildman–Crippen MR) is 73.8 cm³/mol. The highest BCUT2D eigenvalue weighted by molar-refractivity contribution is 4.88. The Bertz CT molecular complexity index is 251. The number of likely N-dealkylation sites (tertiary alicyclic amines) is 1. The zero-order chi connectivity index (χ0) is 12.2. The van der Waals surface area contributed by atoms with E-state index in [4.69, 9.17) is 4.74 Å². The van der Waals surface area contributed by atoms with Gasteiger partial charge >= 0.3 is 0 Å². The molecule has 0 aromatic heterocycles. The van der Waals surface area contributed by atoms with Gasteiger partial charge in [-0.15, -0.1) is 0 Å². The van der Waals surface area contributed by atoms with E-state index in [0.717, 1.165) is 31.2 Å². The summed E-state index contributed by atoms with van der Waals surface area (Å²) in [4.78, 5) is 2.63. The van der Waals surface area contributed by atoms with Crippen LogP contribution in [0, 0.1) is 5.92 Å². The van der Waals surface area contributed by atoms with Crippen molar-refractivity contribution in [2.75, 3.05) is 32.8 Å². The summed E-state index contributed by atoms with van der Waals surface area (Å²) in [5.41, 5.74) is 0. The quantitative estimate of drug-likeness (QED) is 0.669. The number of nitrogens with zero attached hydrogens (tertiary/aromatic N) is 1. The van der Waals surface area contributed by atoms with Crippen LogP contribution in [0.1, 0.15) is 44.9 Å². The summed E-state index contributed by atoms with van der Waals surface area (Å²) in [5, 5.41) is 3.77. The fourth-order valence-corrected chi connectivity index (χ4v) is 2.90. The third-order valence-corrected chi connectivity index (χ3v) is 4.37. The van der Waals surface area contributed by atoms with Gasteiger partial charge in [0.25, 0.3) is 0 Å². The highest BCUT2D eigenvalue weighted by atomic mass is 16.5. The molecule has 0 radical (unpaired) electrons. The Balaban J connectivity index is 1.24. The second-order valence-corrected chi connectivity index (χ2v) is 6.45. The summed E-state index contributed by atoms with van der Waals surface area (Å²) in [6.07, 6.45) is 9.58. The van der Waals surface area contributed by atoms with E-state index in [1.54, 1.807) is 0 Å². The van der Waals surface area contributed by atoms with Crippen LogP contribution >= 0.6 is 0 Å². The van der Waals surface area contributed by atoms with Crippen molar-refractivity contribution < 1.29 is 4.74 Å². The van der Waals surface area contributed by atoms with E-state index >= 15 is 0 Å². The summed E-state index contributed by atoms with van der Waals surface area (Å²) in [6, 6.07) is 1.62. The lowest BCUT2D eigenvalue weighted by molar-refractivity contribution is 0.105. The minimum absolute atomic E-state index is 0.763. The van der Waals surface area contributed by atoms with Gasteiger partial charge in [0.05, 0.1) is 0 Å². The Hall–Kier alpha value is -0.120. The number of hydrogen-bond donors (Lipinski definition) is 1. The van der Waals surface area contributed by atoms with Crippen molar-refractivity contribution in [3.63, 3.8) is 0 Å². The molecule has 1 aliphatic heterocycles. The zero-order valence-electron chi connectivity index (χ0n) is 11.6. The SMILES string of the molecule is C(COCC1CC1)CN1CCCC(NC2CC2)C1. The Morgan fingerprint density at radius 3 is 2.72 bits per heavy atom. The molecule has 1 atom stereocenters. The van der Waals surface area contributed by atoms with Crippen LogP contribution in [0.2, 0.25) is 0 Å². The van der Waals surface area contributed by atoms with Crippen LogP contribution in [0.4, 0.5) is 0 Å². The topological polar surface area (TPSA) is 24.5 Å². The zero-order valence-corrected chi connectivity index (χ0v) is 11.6. The highest BCUT2D eigenvalue weighted by Crippen LogP contribution is 2.28. The monoisotopic (exact) mass is 252 g/mol. The van der Waals surface area contributed by atoms with Gasteiger partial charge in [-0.2, -0.15) is 0 Å². The number of piperidine rings is 1. The lowest BCUT2D eigenvalue weighted by Gasteiger charge is -2.33. The largest absolute Gasteiger partial charge is 0.381 e. The van der Waals surface area contributed by atoms with Crippen LogP contribution in [-0.4, -0.2) is 49.8 Å². The van der Waals surface area contributed by atoms with E-state index in [-0.39, 0.29) is 0 Å². The van der Waals surface area contributed by atoms with Gasteiger partial charge < -0.3 is 15.0 Å². The molecule has 18 heavy (non-hydrogen) atoms. The van der Waals surface area contributed by atoms with E-state index < -0.39 is 0 Å². The van der Waals surface area contributed by atoms with Crippen molar-refractivity contribution in [3.8, 4) is 0 Å². The molecule has 3 aliphatic rings. The van der Waals surface area contributed by atoms with Crippen LogP contribution in [0.3, 0.4) is 0 Å². The minimum Gasteiger partial charge on any atom is -0.381 e. The first-order chi connectivity index (χ1) is 8.90. The van der Waals surface area contributed by atoms with Gasteiger partial charge in [-0.1, -0.05) is 0 Å². The lowest BCUT2D eigenvalue weighted by Crippen LogP contribution is -2.46. The third kappa shape index (κ3) is 4.52. The van der Waals surface area contributed by atoms with Crippen molar-refractivity contribution in [3.05, 3.63) is 0 Å². The van der Waals surface area contributed by atoms with E-state index in [9.17, 15) is 0 Å². The van der Waals surface area contributed by atoms with E-state index in [2.05, 4.69) is 10.2 Å². The second-order valence-electron chi connectivity index (χ2n) is 6.45. The molecule has 3 rings (SSSR count). The van der Waals surface area contributed by atoms with Gasteiger partial charge in [0.2, 0.25) is 0 Å². The maximum atomic E-state index is 5.71. The third-order valence-electron chi connectivity index (χ3n) is 4.37. The lowest BCUT2D eigenvalue weighted by atomic mass is 10.1. The highest BCUT2D eigenvalue weighted by Gasteiger charge is 2.27. The van der Waals surface area contributed by atoms with Crippen LogP contribution in [0.5, 0.6) is 0 Å². The smallest absolute Gasteiger partial charge is 0.0494 e. The van der Waals surface area contributed by atoms with Crippen molar-refractivity contribution in [2.45, 2.75) is 57.0 Å².